The first kappa shape index (κ1) is 73.3. The molecule has 0 saturated carbocycles. The summed E-state index contributed by atoms with van der Waals surface area (Å²) in [5.74, 6) is -14.1. The van der Waals surface area contributed by atoms with Gasteiger partial charge < -0.3 is 101 Å². The van der Waals surface area contributed by atoms with Crippen LogP contribution in [0.1, 0.15) is 110 Å². The number of H-pyrrole nitrogens is 1. The van der Waals surface area contributed by atoms with Crippen molar-refractivity contribution in [1.29, 1.82) is 0 Å². The number of guanidine groups is 1. The normalized spacial score (nSPS) is 16.0. The molecule has 0 bridgehead atoms. The van der Waals surface area contributed by atoms with Crippen LogP contribution in [-0.2, 0) is 70.4 Å². The molecular weight excluding hydrogens is 1160 g/mol. The summed E-state index contributed by atoms with van der Waals surface area (Å²) in [6, 6.07) is -9.20. The standard InChI is InChI=1S/C55H86N16O17/c1-28(2)19-33(57)45(78)65-36(21-30-12-14-32(73)15-13-30)48(81)68-39(20-29(3)4)53(86)71-18-8-11-42(71)52(85)64-34(9-5-6-16-56)46(79)66-37(22-31-25-60-27-62-31)49(82)70-41(26-72)51(84)67-38(23-43(74)75)50(83)63-35(10-7-17-61-55(58)59)47(80)69-40(54(87)88)24-44(76)77/h12-15,25,27-29,33-42,72-73H,5-11,16-24,26,56-57H2,1-4H3,(H,60,62)(H,63,83)(H,64,85)(H,65,78)(H,66,79)(H,67,84)(H,68,81)(H,69,80)(H,70,82)(H,74,75)(H,76,77)(H,87,88)(H4,58,59,61)/t33-,34-,35-,36-,37-,38-,39-,40-,41-,42-/m0/s1. The van der Waals surface area contributed by atoms with E-state index < -0.39 is 151 Å². The van der Waals surface area contributed by atoms with E-state index in [1.54, 1.807) is 12.1 Å². The fraction of sp³-hybridized carbons (Fsp3) is 0.600. The quantitative estimate of drug-likeness (QED) is 0.0170. The topological polar surface area (TPSA) is 551 Å². The lowest BCUT2D eigenvalue weighted by molar-refractivity contribution is -0.147. The summed E-state index contributed by atoms with van der Waals surface area (Å²) in [5, 5.41) is 68.1. The number of nitrogens with one attached hydrogen (secondary N) is 9. The molecule has 488 valence electrons. The van der Waals surface area contributed by atoms with E-state index in [0.29, 0.717) is 24.8 Å². The molecule has 2 aromatic rings. The van der Waals surface area contributed by atoms with Crippen LogP contribution in [0.4, 0.5) is 0 Å². The number of hydrogen-bond donors (Lipinski definition) is 18. The van der Waals surface area contributed by atoms with Crippen LogP contribution in [0.3, 0.4) is 0 Å². The maximum Gasteiger partial charge on any atom is 0.326 e. The molecule has 22 N–H and O–H groups in total. The number of aromatic nitrogens is 2. The Balaban J connectivity index is 1.88. The maximum absolute atomic E-state index is 14.6. The number of phenolic OH excluding ortho intramolecular Hbond substituents is 1. The molecule has 0 spiro atoms. The highest BCUT2D eigenvalue weighted by atomic mass is 16.4. The lowest BCUT2D eigenvalue weighted by Gasteiger charge is -2.31. The van der Waals surface area contributed by atoms with E-state index >= 15 is 0 Å². The third-order valence-corrected chi connectivity index (χ3v) is 13.8. The zero-order valence-electron chi connectivity index (χ0n) is 49.7. The molecular formula is C55H86N16O17. The number of aromatic hydroxyl groups is 1. The van der Waals surface area contributed by atoms with Crippen LogP contribution in [0, 0.1) is 11.8 Å². The zero-order valence-corrected chi connectivity index (χ0v) is 49.7. The number of carboxylic acid groups (broad SMARTS) is 3. The fourth-order valence-electron chi connectivity index (χ4n) is 9.38. The Morgan fingerprint density at radius 3 is 1.69 bits per heavy atom. The van der Waals surface area contributed by atoms with Gasteiger partial charge in [-0.3, -0.25) is 57.7 Å². The second-order valence-corrected chi connectivity index (χ2v) is 22.1. The number of carbonyl (C=O) groups excluding carboxylic acids is 9. The number of aliphatic imine (C=N–C) groups is 1. The highest BCUT2D eigenvalue weighted by Gasteiger charge is 2.41. The first-order chi connectivity index (χ1) is 41.5. The van der Waals surface area contributed by atoms with Gasteiger partial charge in [0.05, 0.1) is 31.8 Å². The van der Waals surface area contributed by atoms with Crippen molar-refractivity contribution in [3.63, 3.8) is 0 Å². The smallest absolute Gasteiger partial charge is 0.326 e. The number of aromatic amines is 1. The average molecular weight is 1240 g/mol. The number of rotatable bonds is 39. The molecule has 3 rings (SSSR count). The van der Waals surface area contributed by atoms with Crippen LogP contribution in [0.5, 0.6) is 5.75 Å². The average Bonchev–Trinajstić information content (AvgIpc) is 3.99. The molecule has 0 aliphatic carbocycles. The monoisotopic (exact) mass is 1240 g/mol. The number of aliphatic hydroxyl groups excluding tert-OH is 1. The Morgan fingerprint density at radius 1 is 0.636 bits per heavy atom. The molecule has 1 aromatic heterocycles. The van der Waals surface area contributed by atoms with Crippen LogP contribution in [0.2, 0.25) is 0 Å². The van der Waals surface area contributed by atoms with E-state index in [0.717, 1.165) is 0 Å². The Labute approximate surface area is 507 Å². The maximum atomic E-state index is 14.6. The van der Waals surface area contributed by atoms with Crippen molar-refractivity contribution in [1.82, 2.24) is 57.4 Å². The fourth-order valence-corrected chi connectivity index (χ4v) is 9.38. The molecule has 9 amide bonds. The lowest BCUT2D eigenvalue weighted by atomic mass is 9.99. The number of unbranched alkanes of at least 4 members (excludes halogenated alkanes) is 1. The summed E-state index contributed by atoms with van der Waals surface area (Å²) in [5.41, 5.74) is 23.5. The van der Waals surface area contributed by atoms with E-state index in [2.05, 4.69) is 52.2 Å². The number of phenols is 1. The molecule has 1 aromatic carbocycles. The van der Waals surface area contributed by atoms with Gasteiger partial charge in [-0.2, -0.15) is 0 Å². The van der Waals surface area contributed by atoms with E-state index in [1.165, 1.54) is 29.6 Å². The molecule has 1 aliphatic rings. The van der Waals surface area contributed by atoms with Crippen LogP contribution < -0.4 is 65.5 Å². The molecule has 88 heavy (non-hydrogen) atoms. The van der Waals surface area contributed by atoms with Crippen LogP contribution in [-0.4, -0.2) is 204 Å². The minimum Gasteiger partial charge on any atom is -0.508 e. The number of carboxylic acids is 3. The number of aliphatic hydroxyl groups is 1. The first-order valence-electron chi connectivity index (χ1n) is 28.8. The third-order valence-electron chi connectivity index (χ3n) is 13.8. The van der Waals surface area contributed by atoms with Crippen molar-refractivity contribution in [3.05, 3.63) is 48.0 Å². The number of likely N-dealkylation sites (tertiary alicyclic amines) is 1. The Kier molecular flexibility index (Phi) is 30.7. The Morgan fingerprint density at radius 2 is 1.14 bits per heavy atom. The van der Waals surface area contributed by atoms with Crippen molar-refractivity contribution in [2.45, 2.75) is 172 Å². The van der Waals surface area contributed by atoms with Crippen molar-refractivity contribution in [3.8, 4) is 5.75 Å². The SMILES string of the molecule is CC(C)C[C@H](NC(=O)[C@H](Cc1ccc(O)cc1)NC(=O)[C@@H](N)CC(C)C)C(=O)N1CCC[C@H]1C(=O)N[C@@H](CCCCN)C(=O)N[C@@H](Cc1cnc[nH]1)C(=O)N[C@@H](CO)C(=O)N[C@@H](CC(=O)O)C(=O)N[C@@H](CCCN=C(N)N)C(=O)N[C@@H](CC(=O)O)C(=O)O. The van der Waals surface area contributed by atoms with Crippen molar-refractivity contribution in [2.75, 3.05) is 26.2 Å². The lowest BCUT2D eigenvalue weighted by Crippen LogP contribution is -2.61. The Hall–Kier alpha value is -8.98. The number of hydrogen-bond acceptors (Lipinski definition) is 18. The minimum atomic E-state index is -2.05. The second-order valence-electron chi connectivity index (χ2n) is 22.1. The summed E-state index contributed by atoms with van der Waals surface area (Å²) >= 11 is 0. The molecule has 1 saturated heterocycles. The second kappa shape index (κ2) is 36.9. The number of carbonyl (C=O) groups is 12. The number of aliphatic carboxylic acids is 3. The van der Waals surface area contributed by atoms with Gasteiger partial charge in [0.1, 0.15) is 60.1 Å². The highest BCUT2D eigenvalue weighted by Crippen LogP contribution is 2.22. The predicted octanol–water partition coefficient (Wildman–Crippen LogP) is -4.60. The van der Waals surface area contributed by atoms with Gasteiger partial charge in [0.15, 0.2) is 5.96 Å². The summed E-state index contributed by atoms with van der Waals surface area (Å²) in [7, 11) is 0. The van der Waals surface area contributed by atoms with Gasteiger partial charge in [0, 0.05) is 37.8 Å². The number of nitrogens with zero attached hydrogens (tertiary/aromatic N) is 3. The minimum absolute atomic E-state index is 0.0226. The van der Waals surface area contributed by atoms with E-state index in [-0.39, 0.29) is 100 Å². The molecule has 1 aliphatic heterocycles. The number of nitrogens with two attached hydrogens (primary N) is 4. The van der Waals surface area contributed by atoms with Crippen LogP contribution in [0.15, 0.2) is 41.8 Å². The molecule has 0 unspecified atom stereocenters. The van der Waals surface area contributed by atoms with Gasteiger partial charge in [0.2, 0.25) is 53.2 Å². The van der Waals surface area contributed by atoms with Gasteiger partial charge in [-0.15, -0.1) is 0 Å². The molecule has 2 heterocycles. The van der Waals surface area contributed by atoms with E-state index in [4.69, 9.17) is 22.9 Å². The van der Waals surface area contributed by atoms with Crippen molar-refractivity contribution >= 4 is 77.0 Å². The van der Waals surface area contributed by atoms with Gasteiger partial charge in [-0.05, 0) is 93.9 Å². The van der Waals surface area contributed by atoms with Gasteiger partial charge in [0.25, 0.3) is 0 Å². The third kappa shape index (κ3) is 25.5. The van der Waals surface area contributed by atoms with Crippen molar-refractivity contribution in [2.24, 2.45) is 39.8 Å². The molecule has 10 atom stereocenters. The van der Waals surface area contributed by atoms with E-state index in [9.17, 15) is 83.1 Å². The molecule has 33 nitrogen and oxygen atoms in total. The first-order valence-corrected chi connectivity index (χ1v) is 28.8. The van der Waals surface area contributed by atoms with Crippen LogP contribution in [0.25, 0.3) is 0 Å². The predicted molar refractivity (Wildman–Crippen MR) is 313 cm³/mol. The van der Waals surface area contributed by atoms with Crippen LogP contribution >= 0.6 is 0 Å². The Bertz CT molecular complexity index is 2730. The summed E-state index contributed by atoms with van der Waals surface area (Å²) in [6.07, 6.45) is 1.16. The summed E-state index contributed by atoms with van der Waals surface area (Å²) < 4.78 is 0. The number of benzene rings is 1. The largest absolute Gasteiger partial charge is 0.508 e. The number of imidazole rings is 1. The highest BCUT2D eigenvalue weighted by molar-refractivity contribution is 5.99. The molecule has 1 fully saturated rings. The van der Waals surface area contributed by atoms with Gasteiger partial charge in [-0.1, -0.05) is 39.8 Å². The molecule has 0 radical (unpaired) electrons. The molecule has 33 heteroatoms. The van der Waals surface area contributed by atoms with Crippen molar-refractivity contribution < 1.29 is 83.1 Å². The number of amides is 9. The van der Waals surface area contributed by atoms with Gasteiger partial charge >= 0.3 is 17.9 Å². The zero-order chi connectivity index (χ0) is 65.8. The summed E-state index contributed by atoms with van der Waals surface area (Å²) in [6.45, 7) is 6.41. The van der Waals surface area contributed by atoms with E-state index in [1.807, 2.05) is 33.0 Å². The summed E-state index contributed by atoms with van der Waals surface area (Å²) in [4.78, 5) is 173. The van der Waals surface area contributed by atoms with Gasteiger partial charge in [-0.25, -0.2) is 9.78 Å².